The Kier molecular flexibility index (Phi) is 3.98. The van der Waals surface area contributed by atoms with Crippen LogP contribution in [-0.2, 0) is 9.53 Å². The van der Waals surface area contributed by atoms with E-state index in [0.717, 1.165) is 0 Å². The molecule has 0 heterocycles. The van der Waals surface area contributed by atoms with Gasteiger partial charge in [0.05, 0.1) is 17.0 Å². The molecule has 1 N–H and O–H groups in total. The lowest BCUT2D eigenvalue weighted by Crippen LogP contribution is -2.19. The number of hydrogen-bond donors (Lipinski definition) is 1. The van der Waals surface area contributed by atoms with Crippen molar-refractivity contribution in [2.45, 2.75) is 13.8 Å². The van der Waals surface area contributed by atoms with E-state index in [2.05, 4.69) is 4.74 Å². The Morgan fingerprint density at radius 1 is 1.12 bits per heavy atom. The van der Waals surface area contributed by atoms with Crippen LogP contribution in [0.5, 0.6) is 0 Å². The van der Waals surface area contributed by atoms with Crippen LogP contribution in [0.1, 0.15) is 34.6 Å². The highest BCUT2D eigenvalue weighted by atomic mass is 16.6. The van der Waals surface area contributed by atoms with E-state index in [1.807, 2.05) is 0 Å². The largest absolute Gasteiger partial charge is 0.478 e. The van der Waals surface area contributed by atoms with Crippen LogP contribution in [0.15, 0.2) is 24.3 Å². The standard InChI is InChI=1S/C12H12O5/c1-7(2)11(15)17-12(16)9-6-4-3-5-8(9)10(13)14/h3-7H,1-2H3,(H,13,14). The third kappa shape index (κ3) is 3.14. The number of aromatic carboxylic acids is 1. The first-order valence-corrected chi connectivity index (χ1v) is 5.01. The molecule has 0 aliphatic carbocycles. The molecule has 5 heteroatoms. The summed E-state index contributed by atoms with van der Waals surface area (Å²) in [5, 5.41) is 8.87. The molecule has 0 bridgehead atoms. The molecule has 0 aromatic heterocycles. The van der Waals surface area contributed by atoms with Crippen molar-refractivity contribution in [2.75, 3.05) is 0 Å². The van der Waals surface area contributed by atoms with Crippen molar-refractivity contribution in [2.24, 2.45) is 5.92 Å². The van der Waals surface area contributed by atoms with Crippen molar-refractivity contribution >= 4 is 17.9 Å². The smallest absolute Gasteiger partial charge is 0.346 e. The molecule has 0 spiro atoms. The van der Waals surface area contributed by atoms with Crippen molar-refractivity contribution in [1.82, 2.24) is 0 Å². The monoisotopic (exact) mass is 236 g/mol. The predicted octanol–water partition coefficient (Wildman–Crippen LogP) is 1.72. The molecule has 1 aromatic rings. The van der Waals surface area contributed by atoms with E-state index in [-0.39, 0.29) is 11.1 Å². The highest BCUT2D eigenvalue weighted by molar-refractivity contribution is 6.05. The molecule has 5 nitrogen and oxygen atoms in total. The normalized spacial score (nSPS) is 10.1. The Hall–Kier alpha value is -2.17. The topological polar surface area (TPSA) is 80.7 Å². The van der Waals surface area contributed by atoms with E-state index in [9.17, 15) is 14.4 Å². The summed E-state index contributed by atoms with van der Waals surface area (Å²) in [5.41, 5.74) is -0.317. The van der Waals surface area contributed by atoms with Crippen LogP contribution >= 0.6 is 0 Å². The summed E-state index contributed by atoms with van der Waals surface area (Å²) in [6.07, 6.45) is 0. The number of carboxylic acids is 1. The number of carbonyl (C=O) groups excluding carboxylic acids is 2. The maximum absolute atomic E-state index is 11.6. The van der Waals surface area contributed by atoms with Crippen molar-refractivity contribution in [3.8, 4) is 0 Å². The molecule has 1 rings (SSSR count). The maximum Gasteiger partial charge on any atom is 0.346 e. The average Bonchev–Trinajstić information content (AvgIpc) is 2.28. The molecule has 0 saturated carbocycles. The Morgan fingerprint density at radius 2 is 1.65 bits per heavy atom. The van der Waals surface area contributed by atoms with Gasteiger partial charge in [-0.25, -0.2) is 9.59 Å². The van der Waals surface area contributed by atoms with Crippen LogP contribution in [0.3, 0.4) is 0 Å². The molecule has 90 valence electrons. The lowest BCUT2D eigenvalue weighted by molar-refractivity contribution is -0.141. The van der Waals surface area contributed by atoms with E-state index in [0.29, 0.717) is 0 Å². The van der Waals surface area contributed by atoms with Crippen molar-refractivity contribution in [3.63, 3.8) is 0 Å². The van der Waals surface area contributed by atoms with Gasteiger partial charge in [-0.05, 0) is 12.1 Å². The number of hydrogen-bond acceptors (Lipinski definition) is 4. The fraction of sp³-hybridized carbons (Fsp3) is 0.250. The molecule has 0 fully saturated rings. The summed E-state index contributed by atoms with van der Waals surface area (Å²) >= 11 is 0. The number of carbonyl (C=O) groups is 3. The van der Waals surface area contributed by atoms with Crippen LogP contribution in [0, 0.1) is 5.92 Å². The summed E-state index contributed by atoms with van der Waals surface area (Å²) in [5.74, 6) is -3.32. The molecule has 0 unspecified atom stereocenters. The van der Waals surface area contributed by atoms with E-state index >= 15 is 0 Å². The first kappa shape index (κ1) is 12.9. The van der Waals surface area contributed by atoms with E-state index < -0.39 is 23.8 Å². The van der Waals surface area contributed by atoms with Gasteiger partial charge in [0.15, 0.2) is 0 Å². The SMILES string of the molecule is CC(C)C(=O)OC(=O)c1ccccc1C(=O)O. The minimum absolute atomic E-state index is 0.131. The lowest BCUT2D eigenvalue weighted by atomic mass is 10.1. The van der Waals surface area contributed by atoms with Gasteiger partial charge in [0.1, 0.15) is 0 Å². The highest BCUT2D eigenvalue weighted by Crippen LogP contribution is 2.11. The molecule has 1 aromatic carbocycles. The van der Waals surface area contributed by atoms with E-state index in [1.54, 1.807) is 13.8 Å². The van der Waals surface area contributed by atoms with Crippen molar-refractivity contribution < 1.29 is 24.2 Å². The Labute approximate surface area is 98.0 Å². The fourth-order valence-electron chi connectivity index (χ4n) is 1.11. The van der Waals surface area contributed by atoms with Gasteiger partial charge in [0.25, 0.3) is 0 Å². The second-order valence-corrected chi connectivity index (χ2v) is 3.71. The van der Waals surface area contributed by atoms with Gasteiger partial charge in [-0.15, -0.1) is 0 Å². The minimum atomic E-state index is -1.24. The molecular formula is C12H12O5. The number of esters is 2. The number of benzene rings is 1. The number of rotatable bonds is 3. The van der Waals surface area contributed by atoms with E-state index in [4.69, 9.17) is 5.11 Å². The van der Waals surface area contributed by atoms with E-state index in [1.165, 1.54) is 24.3 Å². The first-order valence-electron chi connectivity index (χ1n) is 5.01. The van der Waals surface area contributed by atoms with Crippen LogP contribution in [0.4, 0.5) is 0 Å². The molecule has 0 radical (unpaired) electrons. The summed E-state index contributed by atoms with van der Waals surface area (Å²) in [6, 6.07) is 5.57. The second-order valence-electron chi connectivity index (χ2n) is 3.71. The fourth-order valence-corrected chi connectivity index (χ4v) is 1.11. The van der Waals surface area contributed by atoms with Crippen LogP contribution < -0.4 is 0 Å². The van der Waals surface area contributed by atoms with Crippen LogP contribution in [0.25, 0.3) is 0 Å². The van der Waals surface area contributed by atoms with Crippen molar-refractivity contribution in [1.29, 1.82) is 0 Å². The van der Waals surface area contributed by atoms with Gasteiger partial charge in [0, 0.05) is 0 Å². The maximum atomic E-state index is 11.6. The quantitative estimate of drug-likeness (QED) is 0.638. The third-order valence-corrected chi connectivity index (χ3v) is 2.04. The highest BCUT2D eigenvalue weighted by Gasteiger charge is 2.20. The molecule has 0 aliphatic heterocycles. The average molecular weight is 236 g/mol. The number of carboxylic acid groups (broad SMARTS) is 1. The first-order chi connectivity index (χ1) is 7.93. The molecule has 0 saturated heterocycles. The third-order valence-electron chi connectivity index (χ3n) is 2.04. The Bertz CT molecular complexity index is 462. The number of ether oxygens (including phenoxy) is 1. The summed E-state index contributed by atoms with van der Waals surface area (Å²) in [7, 11) is 0. The molecule has 17 heavy (non-hydrogen) atoms. The van der Waals surface area contributed by atoms with Gasteiger partial charge >= 0.3 is 17.9 Å². The lowest BCUT2D eigenvalue weighted by Gasteiger charge is -2.07. The minimum Gasteiger partial charge on any atom is -0.478 e. The Balaban J connectivity index is 2.97. The van der Waals surface area contributed by atoms with Gasteiger partial charge in [-0.1, -0.05) is 26.0 Å². The molecule has 0 aliphatic rings. The second kappa shape index (κ2) is 5.25. The zero-order valence-corrected chi connectivity index (χ0v) is 9.47. The molecule has 0 amide bonds. The zero-order valence-electron chi connectivity index (χ0n) is 9.47. The van der Waals surface area contributed by atoms with Crippen molar-refractivity contribution in [3.05, 3.63) is 35.4 Å². The van der Waals surface area contributed by atoms with Gasteiger partial charge in [0.2, 0.25) is 0 Å². The Morgan fingerprint density at radius 3 is 2.12 bits per heavy atom. The van der Waals surface area contributed by atoms with Gasteiger partial charge in [-0.2, -0.15) is 0 Å². The molecule has 0 atom stereocenters. The van der Waals surface area contributed by atoms with Crippen LogP contribution in [0.2, 0.25) is 0 Å². The van der Waals surface area contributed by atoms with Gasteiger partial charge in [-0.3, -0.25) is 4.79 Å². The summed E-state index contributed by atoms with van der Waals surface area (Å²) in [4.78, 5) is 33.6. The summed E-state index contributed by atoms with van der Waals surface area (Å²) < 4.78 is 4.55. The predicted molar refractivity (Wildman–Crippen MR) is 58.7 cm³/mol. The summed E-state index contributed by atoms with van der Waals surface area (Å²) in [6.45, 7) is 3.16. The zero-order chi connectivity index (χ0) is 13.0. The van der Waals surface area contributed by atoms with Crippen LogP contribution in [-0.4, -0.2) is 23.0 Å². The van der Waals surface area contributed by atoms with Gasteiger partial charge < -0.3 is 9.84 Å². The molecular weight excluding hydrogens is 224 g/mol.